The van der Waals surface area contributed by atoms with Gasteiger partial charge in [0.2, 0.25) is 0 Å². The zero-order chi connectivity index (χ0) is 13.8. The Morgan fingerprint density at radius 2 is 2.21 bits per heavy atom. The van der Waals surface area contributed by atoms with Gasteiger partial charge in [-0.15, -0.1) is 0 Å². The predicted molar refractivity (Wildman–Crippen MR) is 71.7 cm³/mol. The molecule has 19 heavy (non-hydrogen) atoms. The van der Waals surface area contributed by atoms with E-state index in [-0.39, 0.29) is 5.56 Å². The molecule has 2 rings (SSSR count). The molecule has 5 heteroatoms. The van der Waals surface area contributed by atoms with E-state index in [0.717, 1.165) is 5.56 Å². The van der Waals surface area contributed by atoms with E-state index in [9.17, 15) is 4.79 Å². The van der Waals surface area contributed by atoms with E-state index in [0.29, 0.717) is 22.9 Å². The average Bonchev–Trinajstić information content (AvgIpc) is 2.37. The Balaban J connectivity index is 2.11. The first-order valence-corrected chi connectivity index (χ1v) is 6.01. The normalized spacial score (nSPS) is 10.2. The number of carbonyl (C=O) groups is 1. The minimum atomic E-state index is -0.943. The lowest BCUT2D eigenvalue weighted by Gasteiger charge is -2.09. The molecule has 4 nitrogen and oxygen atoms in total. The van der Waals surface area contributed by atoms with E-state index < -0.39 is 5.97 Å². The van der Waals surface area contributed by atoms with Gasteiger partial charge in [0.15, 0.2) is 0 Å². The fourth-order valence-corrected chi connectivity index (χ4v) is 1.82. The van der Waals surface area contributed by atoms with Crippen molar-refractivity contribution in [1.29, 1.82) is 0 Å². The number of hydrogen-bond donors (Lipinski definition) is 1. The minimum Gasteiger partial charge on any atom is -0.489 e. The van der Waals surface area contributed by atoms with E-state index in [2.05, 4.69) is 4.98 Å². The molecule has 1 heterocycles. The topological polar surface area (TPSA) is 59.4 Å². The van der Waals surface area contributed by atoms with Crippen LogP contribution in [0.5, 0.6) is 5.75 Å². The van der Waals surface area contributed by atoms with Gasteiger partial charge in [-0.25, -0.2) is 4.79 Å². The number of aromatic carboxylic acids is 1. The summed E-state index contributed by atoms with van der Waals surface area (Å²) < 4.78 is 5.58. The summed E-state index contributed by atoms with van der Waals surface area (Å²) in [5.41, 5.74) is 1.76. The lowest BCUT2D eigenvalue weighted by Crippen LogP contribution is -2.01. The van der Waals surface area contributed by atoms with Gasteiger partial charge in [0, 0.05) is 18.0 Å². The molecule has 0 aliphatic carbocycles. The maximum atomic E-state index is 10.9. The van der Waals surface area contributed by atoms with Crippen molar-refractivity contribution < 1.29 is 14.6 Å². The summed E-state index contributed by atoms with van der Waals surface area (Å²) in [7, 11) is 0. The number of halogens is 1. The third-order valence-electron chi connectivity index (χ3n) is 2.68. The Bertz CT molecular complexity index is 613. The summed E-state index contributed by atoms with van der Waals surface area (Å²) in [6, 6.07) is 6.63. The van der Waals surface area contributed by atoms with Crippen LogP contribution in [-0.4, -0.2) is 16.1 Å². The fraction of sp³-hybridized carbons (Fsp3) is 0.143. The van der Waals surface area contributed by atoms with Gasteiger partial charge in [-0.2, -0.15) is 0 Å². The van der Waals surface area contributed by atoms with Gasteiger partial charge in [-0.3, -0.25) is 4.98 Å². The van der Waals surface area contributed by atoms with Crippen LogP contribution in [0.2, 0.25) is 5.02 Å². The highest BCUT2D eigenvalue weighted by Gasteiger charge is 2.08. The first-order valence-electron chi connectivity index (χ1n) is 5.63. The second kappa shape index (κ2) is 5.71. The smallest absolute Gasteiger partial charge is 0.335 e. The summed E-state index contributed by atoms with van der Waals surface area (Å²) in [6.07, 6.45) is 3.20. The molecule has 0 atom stereocenters. The zero-order valence-electron chi connectivity index (χ0n) is 10.3. The molecule has 0 unspecified atom stereocenters. The van der Waals surface area contributed by atoms with E-state index in [1.54, 1.807) is 37.5 Å². The van der Waals surface area contributed by atoms with Crippen LogP contribution in [0.25, 0.3) is 0 Å². The molecule has 1 aromatic heterocycles. The fourth-order valence-electron chi connectivity index (χ4n) is 1.65. The van der Waals surface area contributed by atoms with Crippen molar-refractivity contribution in [2.75, 3.05) is 0 Å². The number of carboxylic acid groups (broad SMARTS) is 1. The summed E-state index contributed by atoms with van der Waals surface area (Å²) in [5.74, 6) is -0.336. The standard InChI is InChI=1S/C14H12ClNO3/c1-9-6-11(2-3-12(9)14(17)18)19-8-10-4-5-16-7-13(10)15/h2-7H,8H2,1H3,(H,17,18). The molecule has 0 amide bonds. The molecule has 0 spiro atoms. The van der Waals surface area contributed by atoms with Gasteiger partial charge in [0.25, 0.3) is 0 Å². The van der Waals surface area contributed by atoms with E-state index in [4.69, 9.17) is 21.4 Å². The van der Waals surface area contributed by atoms with Gasteiger partial charge >= 0.3 is 5.97 Å². The van der Waals surface area contributed by atoms with Crippen molar-refractivity contribution >= 4 is 17.6 Å². The van der Waals surface area contributed by atoms with E-state index in [1.807, 2.05) is 0 Å². The first-order chi connectivity index (χ1) is 9.08. The van der Waals surface area contributed by atoms with Crippen molar-refractivity contribution in [3.63, 3.8) is 0 Å². The third-order valence-corrected chi connectivity index (χ3v) is 3.02. The molecule has 0 aliphatic heterocycles. The number of rotatable bonds is 4. The lowest BCUT2D eigenvalue weighted by molar-refractivity contribution is 0.0696. The molecule has 0 radical (unpaired) electrons. The van der Waals surface area contributed by atoms with Crippen LogP contribution in [0.4, 0.5) is 0 Å². The maximum Gasteiger partial charge on any atom is 0.335 e. The van der Waals surface area contributed by atoms with E-state index >= 15 is 0 Å². The Labute approximate surface area is 115 Å². The molecule has 0 saturated heterocycles. The van der Waals surface area contributed by atoms with Crippen LogP contribution in [0, 0.1) is 6.92 Å². The molecule has 0 saturated carbocycles. The second-order valence-electron chi connectivity index (χ2n) is 4.04. The van der Waals surface area contributed by atoms with Crippen molar-refractivity contribution in [2.24, 2.45) is 0 Å². The number of pyridine rings is 1. The highest BCUT2D eigenvalue weighted by molar-refractivity contribution is 6.31. The molecule has 1 N–H and O–H groups in total. The molecule has 1 aromatic carbocycles. The van der Waals surface area contributed by atoms with E-state index in [1.165, 1.54) is 6.07 Å². The highest BCUT2D eigenvalue weighted by Crippen LogP contribution is 2.20. The Morgan fingerprint density at radius 3 is 2.84 bits per heavy atom. The van der Waals surface area contributed by atoms with Gasteiger partial charge in [0.05, 0.1) is 10.6 Å². The summed E-state index contributed by atoms with van der Waals surface area (Å²) >= 11 is 5.97. The predicted octanol–water partition coefficient (Wildman–Crippen LogP) is 3.32. The molecular formula is C14H12ClNO3. The second-order valence-corrected chi connectivity index (χ2v) is 4.44. The number of aromatic nitrogens is 1. The maximum absolute atomic E-state index is 10.9. The lowest BCUT2D eigenvalue weighted by atomic mass is 10.1. The quantitative estimate of drug-likeness (QED) is 0.931. The molecular weight excluding hydrogens is 266 g/mol. The molecule has 2 aromatic rings. The third kappa shape index (κ3) is 3.23. The van der Waals surface area contributed by atoms with Gasteiger partial charge < -0.3 is 9.84 Å². The summed E-state index contributed by atoms with van der Waals surface area (Å²) in [5, 5.41) is 9.48. The van der Waals surface area contributed by atoms with Crippen LogP contribution in [0.1, 0.15) is 21.5 Å². The Morgan fingerprint density at radius 1 is 1.42 bits per heavy atom. The largest absolute Gasteiger partial charge is 0.489 e. The number of aryl methyl sites for hydroxylation is 1. The Hall–Kier alpha value is -2.07. The number of carboxylic acids is 1. The van der Waals surface area contributed by atoms with Crippen molar-refractivity contribution in [1.82, 2.24) is 4.98 Å². The average molecular weight is 278 g/mol. The molecule has 0 aliphatic rings. The van der Waals surface area contributed by atoms with Gasteiger partial charge in [0.1, 0.15) is 12.4 Å². The number of hydrogen-bond acceptors (Lipinski definition) is 3. The molecule has 0 fully saturated rings. The van der Waals surface area contributed by atoms with Crippen LogP contribution in [-0.2, 0) is 6.61 Å². The van der Waals surface area contributed by atoms with Crippen LogP contribution >= 0.6 is 11.6 Å². The number of nitrogens with zero attached hydrogens (tertiary/aromatic N) is 1. The summed E-state index contributed by atoms with van der Waals surface area (Å²) in [6.45, 7) is 2.04. The minimum absolute atomic E-state index is 0.272. The highest BCUT2D eigenvalue weighted by atomic mass is 35.5. The molecule has 0 bridgehead atoms. The monoisotopic (exact) mass is 277 g/mol. The number of ether oxygens (including phenoxy) is 1. The van der Waals surface area contributed by atoms with Crippen LogP contribution in [0.3, 0.4) is 0 Å². The number of benzene rings is 1. The van der Waals surface area contributed by atoms with Gasteiger partial charge in [-0.1, -0.05) is 11.6 Å². The molecule has 98 valence electrons. The zero-order valence-corrected chi connectivity index (χ0v) is 11.0. The van der Waals surface area contributed by atoms with Crippen molar-refractivity contribution in [3.05, 3.63) is 58.4 Å². The SMILES string of the molecule is Cc1cc(OCc2ccncc2Cl)ccc1C(=O)O. The van der Waals surface area contributed by atoms with Crippen molar-refractivity contribution in [2.45, 2.75) is 13.5 Å². The van der Waals surface area contributed by atoms with Crippen molar-refractivity contribution in [3.8, 4) is 5.75 Å². The Kier molecular flexibility index (Phi) is 4.02. The first kappa shape index (κ1) is 13.4. The van der Waals surface area contributed by atoms with Crippen LogP contribution < -0.4 is 4.74 Å². The summed E-state index contributed by atoms with van der Waals surface area (Å²) in [4.78, 5) is 14.8. The van der Waals surface area contributed by atoms with Gasteiger partial charge in [-0.05, 0) is 36.8 Å². The van der Waals surface area contributed by atoms with Crippen LogP contribution in [0.15, 0.2) is 36.7 Å².